The topological polar surface area (TPSA) is 84.7 Å². The molecule has 2 heterocycles. The number of anilines is 3. The van der Waals surface area contributed by atoms with Crippen LogP contribution in [0, 0.1) is 6.92 Å². The molecule has 162 valence electrons. The van der Waals surface area contributed by atoms with E-state index in [1.165, 1.54) is 6.33 Å². The molecule has 5 aromatic rings. The van der Waals surface area contributed by atoms with Gasteiger partial charge in [-0.3, -0.25) is 4.79 Å². The summed E-state index contributed by atoms with van der Waals surface area (Å²) in [7, 11) is 0. The molecule has 0 bridgehead atoms. The first-order valence-corrected chi connectivity index (χ1v) is 11.1. The number of nitrogens with zero attached hydrogens (tertiary/aromatic N) is 4. The van der Waals surface area contributed by atoms with Crippen LogP contribution in [0.1, 0.15) is 15.9 Å². The minimum Gasteiger partial charge on any atom is -0.340 e. The third-order valence-corrected chi connectivity index (χ3v) is 5.63. The molecule has 0 saturated carbocycles. The van der Waals surface area contributed by atoms with Crippen LogP contribution in [0.2, 0.25) is 0 Å². The molecular formula is C25H19BrN6O. The smallest absolute Gasteiger partial charge is 0.255 e. The average molecular weight is 499 g/mol. The molecular weight excluding hydrogens is 480 g/mol. The Hall–Kier alpha value is -4.04. The fourth-order valence-electron chi connectivity index (χ4n) is 3.42. The molecule has 0 radical (unpaired) electrons. The second kappa shape index (κ2) is 8.84. The van der Waals surface area contributed by atoms with Crippen molar-refractivity contribution in [3.8, 4) is 5.69 Å². The molecule has 3 aromatic carbocycles. The van der Waals surface area contributed by atoms with Gasteiger partial charge in [0.25, 0.3) is 5.91 Å². The van der Waals surface area contributed by atoms with Crippen molar-refractivity contribution < 1.29 is 4.79 Å². The minimum absolute atomic E-state index is 0.162. The summed E-state index contributed by atoms with van der Waals surface area (Å²) in [6.07, 6.45) is 3.24. The van der Waals surface area contributed by atoms with Crippen molar-refractivity contribution in [2.45, 2.75) is 6.92 Å². The number of benzene rings is 3. The van der Waals surface area contributed by atoms with Gasteiger partial charge in [0.2, 0.25) is 0 Å². The van der Waals surface area contributed by atoms with Crippen LogP contribution in [0.25, 0.3) is 16.7 Å². The largest absolute Gasteiger partial charge is 0.340 e. The van der Waals surface area contributed by atoms with E-state index in [0.29, 0.717) is 17.0 Å². The molecule has 1 amide bonds. The number of rotatable bonds is 5. The molecule has 5 rings (SSSR count). The van der Waals surface area contributed by atoms with Crippen LogP contribution in [-0.2, 0) is 0 Å². The molecule has 0 saturated heterocycles. The van der Waals surface area contributed by atoms with Crippen LogP contribution in [0.4, 0.5) is 17.2 Å². The number of nitrogens with one attached hydrogen (secondary N) is 2. The maximum Gasteiger partial charge on any atom is 0.255 e. The van der Waals surface area contributed by atoms with Gasteiger partial charge in [0.15, 0.2) is 5.65 Å². The van der Waals surface area contributed by atoms with Gasteiger partial charge in [0.05, 0.1) is 17.3 Å². The van der Waals surface area contributed by atoms with Gasteiger partial charge in [-0.15, -0.1) is 0 Å². The predicted molar refractivity (Wildman–Crippen MR) is 133 cm³/mol. The first-order valence-electron chi connectivity index (χ1n) is 10.3. The van der Waals surface area contributed by atoms with Crippen molar-refractivity contribution in [3.05, 3.63) is 101 Å². The zero-order valence-electron chi connectivity index (χ0n) is 17.7. The lowest BCUT2D eigenvalue weighted by Gasteiger charge is -2.09. The van der Waals surface area contributed by atoms with Crippen molar-refractivity contribution in [2.24, 2.45) is 0 Å². The van der Waals surface area contributed by atoms with Crippen LogP contribution >= 0.6 is 15.9 Å². The van der Waals surface area contributed by atoms with Gasteiger partial charge in [0, 0.05) is 21.4 Å². The maximum absolute atomic E-state index is 12.5. The molecule has 7 nitrogen and oxygen atoms in total. The highest BCUT2D eigenvalue weighted by Gasteiger charge is 2.12. The Morgan fingerprint density at radius 1 is 0.939 bits per heavy atom. The van der Waals surface area contributed by atoms with Crippen molar-refractivity contribution in [2.75, 3.05) is 10.6 Å². The Bertz CT molecular complexity index is 1440. The molecule has 8 heteroatoms. The Morgan fingerprint density at radius 3 is 2.45 bits per heavy atom. The lowest BCUT2D eigenvalue weighted by molar-refractivity contribution is 0.102. The summed E-state index contributed by atoms with van der Waals surface area (Å²) < 4.78 is 2.73. The average Bonchev–Trinajstić information content (AvgIpc) is 3.26. The van der Waals surface area contributed by atoms with E-state index in [-0.39, 0.29) is 5.91 Å². The first kappa shape index (κ1) is 20.8. The molecule has 0 aliphatic rings. The van der Waals surface area contributed by atoms with Crippen LogP contribution in [-0.4, -0.2) is 25.7 Å². The third-order valence-electron chi connectivity index (χ3n) is 5.14. The van der Waals surface area contributed by atoms with Crippen molar-refractivity contribution in [1.29, 1.82) is 0 Å². The number of hydrogen-bond donors (Lipinski definition) is 2. The molecule has 0 spiro atoms. The summed E-state index contributed by atoms with van der Waals surface area (Å²) in [6, 6.07) is 22.8. The lowest BCUT2D eigenvalue weighted by atomic mass is 10.1. The van der Waals surface area contributed by atoms with Gasteiger partial charge in [-0.25, -0.2) is 14.6 Å². The molecule has 2 aromatic heterocycles. The van der Waals surface area contributed by atoms with Crippen molar-refractivity contribution >= 4 is 50.1 Å². The number of aromatic nitrogens is 4. The number of halogens is 1. The lowest BCUT2D eigenvalue weighted by Crippen LogP contribution is -2.11. The second-order valence-electron chi connectivity index (χ2n) is 7.52. The quantitative estimate of drug-likeness (QED) is 0.316. The zero-order chi connectivity index (χ0) is 22.8. The number of amides is 1. The summed E-state index contributed by atoms with van der Waals surface area (Å²) in [5.41, 5.74) is 4.87. The Morgan fingerprint density at radius 2 is 1.70 bits per heavy atom. The highest BCUT2D eigenvalue weighted by molar-refractivity contribution is 9.10. The standard InChI is InChI=1S/C25H19BrN6O/c1-16-5-9-20(10-6-16)31-25(33)17-7-11-19(12-8-17)30-23-22-14-29-32(24(22)28-15-27-23)21-4-2-3-18(26)13-21/h2-15H,1H3,(H,31,33)(H,27,28,30). The van der Waals surface area contributed by atoms with Crippen LogP contribution < -0.4 is 10.6 Å². The molecule has 0 unspecified atom stereocenters. The minimum atomic E-state index is -0.162. The second-order valence-corrected chi connectivity index (χ2v) is 8.43. The van der Waals surface area contributed by atoms with Gasteiger partial charge in [-0.2, -0.15) is 5.10 Å². The van der Waals surface area contributed by atoms with Gasteiger partial charge in [0.1, 0.15) is 12.1 Å². The monoisotopic (exact) mass is 498 g/mol. The van der Waals surface area contributed by atoms with E-state index in [0.717, 1.165) is 32.5 Å². The third kappa shape index (κ3) is 4.47. The van der Waals surface area contributed by atoms with E-state index in [4.69, 9.17) is 0 Å². The maximum atomic E-state index is 12.5. The Kier molecular flexibility index (Phi) is 5.58. The number of hydrogen-bond acceptors (Lipinski definition) is 5. The van der Waals surface area contributed by atoms with Gasteiger partial charge in [-0.05, 0) is 61.5 Å². The SMILES string of the molecule is Cc1ccc(NC(=O)c2ccc(Nc3ncnc4c3cnn4-c3cccc(Br)c3)cc2)cc1. The predicted octanol–water partition coefficient (Wildman–Crippen LogP) is 5.88. The molecule has 0 fully saturated rings. The highest BCUT2D eigenvalue weighted by Crippen LogP contribution is 2.25. The number of fused-ring (bicyclic) bond motifs is 1. The van der Waals surface area contributed by atoms with Gasteiger partial charge in [-0.1, -0.05) is 39.7 Å². The summed E-state index contributed by atoms with van der Waals surface area (Å²) in [5, 5.41) is 11.5. The number of carbonyl (C=O) groups excluding carboxylic acids is 1. The number of aryl methyl sites for hydroxylation is 1. The highest BCUT2D eigenvalue weighted by atomic mass is 79.9. The zero-order valence-corrected chi connectivity index (χ0v) is 19.2. The molecule has 0 aliphatic carbocycles. The fourth-order valence-corrected chi connectivity index (χ4v) is 3.81. The van der Waals surface area contributed by atoms with Crippen molar-refractivity contribution in [1.82, 2.24) is 19.7 Å². The van der Waals surface area contributed by atoms with Crippen molar-refractivity contribution in [3.63, 3.8) is 0 Å². The fraction of sp³-hybridized carbons (Fsp3) is 0.0400. The van der Waals surface area contributed by atoms with Gasteiger partial charge < -0.3 is 10.6 Å². The molecule has 2 N–H and O–H groups in total. The van der Waals surface area contributed by atoms with E-state index in [1.807, 2.05) is 67.6 Å². The van der Waals surface area contributed by atoms with E-state index in [1.54, 1.807) is 23.0 Å². The Balaban J connectivity index is 1.35. The molecule has 33 heavy (non-hydrogen) atoms. The summed E-state index contributed by atoms with van der Waals surface area (Å²) in [5.74, 6) is 0.475. The normalized spacial score (nSPS) is 10.8. The Labute approximate surface area is 198 Å². The summed E-state index contributed by atoms with van der Waals surface area (Å²) >= 11 is 3.49. The first-order chi connectivity index (χ1) is 16.1. The van der Waals surface area contributed by atoms with Crippen LogP contribution in [0.3, 0.4) is 0 Å². The van der Waals surface area contributed by atoms with Gasteiger partial charge >= 0.3 is 0 Å². The van der Waals surface area contributed by atoms with E-state index < -0.39 is 0 Å². The van der Waals surface area contributed by atoms with Crippen LogP contribution in [0.15, 0.2) is 89.8 Å². The summed E-state index contributed by atoms with van der Waals surface area (Å²) in [4.78, 5) is 21.3. The van der Waals surface area contributed by atoms with Crippen LogP contribution in [0.5, 0.6) is 0 Å². The van der Waals surface area contributed by atoms with E-state index >= 15 is 0 Å². The van der Waals surface area contributed by atoms with E-state index in [2.05, 4.69) is 41.6 Å². The molecule has 0 aliphatic heterocycles. The number of carbonyl (C=O) groups is 1. The summed E-state index contributed by atoms with van der Waals surface area (Å²) in [6.45, 7) is 2.01. The van der Waals surface area contributed by atoms with E-state index in [9.17, 15) is 4.79 Å². The molecule has 0 atom stereocenters.